The van der Waals surface area contributed by atoms with Crippen LogP contribution in [0.15, 0.2) is 71.5 Å². The van der Waals surface area contributed by atoms with Gasteiger partial charge in [0.05, 0.1) is 10.9 Å². The molecular formula is C21H14F2N2O2. The Hall–Kier alpha value is -3.54. The van der Waals surface area contributed by atoms with Crippen LogP contribution in [0.3, 0.4) is 0 Å². The van der Waals surface area contributed by atoms with Gasteiger partial charge in [-0.15, -0.1) is 0 Å². The highest BCUT2D eigenvalue weighted by molar-refractivity contribution is 5.79. The fraction of sp³-hybridized carbons (Fsp3) is 0.0476. The highest BCUT2D eigenvalue weighted by atomic mass is 19.2. The van der Waals surface area contributed by atoms with E-state index >= 15 is 0 Å². The lowest BCUT2D eigenvalue weighted by Gasteiger charge is -2.08. The summed E-state index contributed by atoms with van der Waals surface area (Å²) in [5.41, 5.74) is 2.03. The van der Waals surface area contributed by atoms with Crippen LogP contribution in [0.25, 0.3) is 22.3 Å². The summed E-state index contributed by atoms with van der Waals surface area (Å²) in [6.07, 6.45) is 0. The molecule has 27 heavy (non-hydrogen) atoms. The van der Waals surface area contributed by atoms with Gasteiger partial charge in [0.25, 0.3) is 5.56 Å². The van der Waals surface area contributed by atoms with Crippen molar-refractivity contribution in [1.29, 1.82) is 0 Å². The van der Waals surface area contributed by atoms with Crippen molar-refractivity contribution >= 4 is 10.9 Å². The molecule has 1 N–H and O–H groups in total. The van der Waals surface area contributed by atoms with Gasteiger partial charge < -0.3 is 9.72 Å². The quantitative estimate of drug-likeness (QED) is 0.582. The predicted octanol–water partition coefficient (Wildman–Crippen LogP) is 4.45. The third-order valence-electron chi connectivity index (χ3n) is 4.14. The van der Waals surface area contributed by atoms with Crippen molar-refractivity contribution in [2.75, 3.05) is 0 Å². The number of nitrogens with zero attached hydrogens (tertiary/aromatic N) is 1. The zero-order valence-electron chi connectivity index (χ0n) is 14.1. The van der Waals surface area contributed by atoms with Crippen LogP contribution in [0.1, 0.15) is 5.56 Å². The Balaban J connectivity index is 1.53. The molecule has 0 aliphatic rings. The molecule has 0 amide bonds. The van der Waals surface area contributed by atoms with E-state index in [4.69, 9.17) is 4.74 Å². The smallest absolute Gasteiger partial charge is 0.259 e. The summed E-state index contributed by atoms with van der Waals surface area (Å²) in [5.74, 6) is -1.14. The minimum absolute atomic E-state index is 0.193. The number of benzene rings is 3. The van der Waals surface area contributed by atoms with Gasteiger partial charge in [0, 0.05) is 11.6 Å². The van der Waals surface area contributed by atoms with Gasteiger partial charge in [-0.3, -0.25) is 4.79 Å². The molecule has 6 heteroatoms. The summed E-state index contributed by atoms with van der Waals surface area (Å²) < 4.78 is 31.6. The van der Waals surface area contributed by atoms with Gasteiger partial charge in [0.2, 0.25) is 0 Å². The van der Waals surface area contributed by atoms with Crippen LogP contribution in [-0.2, 0) is 6.61 Å². The highest BCUT2D eigenvalue weighted by Gasteiger charge is 2.07. The van der Waals surface area contributed by atoms with Gasteiger partial charge in [-0.1, -0.05) is 36.4 Å². The van der Waals surface area contributed by atoms with E-state index in [2.05, 4.69) is 9.97 Å². The number of hydrogen-bond donors (Lipinski definition) is 1. The van der Waals surface area contributed by atoms with Crippen molar-refractivity contribution in [2.24, 2.45) is 0 Å². The Bertz CT molecular complexity index is 1170. The van der Waals surface area contributed by atoms with Crippen LogP contribution >= 0.6 is 0 Å². The van der Waals surface area contributed by atoms with Crippen molar-refractivity contribution < 1.29 is 13.5 Å². The first-order valence-corrected chi connectivity index (χ1v) is 8.26. The van der Waals surface area contributed by atoms with Crippen LogP contribution in [0.5, 0.6) is 5.75 Å². The van der Waals surface area contributed by atoms with E-state index in [1.807, 2.05) is 30.3 Å². The lowest BCUT2D eigenvalue weighted by Crippen LogP contribution is -2.09. The maximum atomic E-state index is 13.2. The molecule has 1 aromatic heterocycles. The molecule has 0 saturated carbocycles. The molecule has 0 unspecified atom stereocenters. The monoisotopic (exact) mass is 364 g/mol. The van der Waals surface area contributed by atoms with Crippen LogP contribution in [-0.4, -0.2) is 9.97 Å². The average molecular weight is 364 g/mol. The number of aromatic amines is 1. The van der Waals surface area contributed by atoms with Crippen LogP contribution in [0, 0.1) is 11.6 Å². The number of H-pyrrole nitrogens is 1. The van der Waals surface area contributed by atoms with E-state index in [9.17, 15) is 13.6 Å². The number of nitrogens with one attached hydrogen (secondary N) is 1. The Morgan fingerprint density at radius 1 is 0.926 bits per heavy atom. The van der Waals surface area contributed by atoms with Crippen molar-refractivity contribution in [2.45, 2.75) is 6.61 Å². The zero-order chi connectivity index (χ0) is 18.8. The van der Waals surface area contributed by atoms with Gasteiger partial charge >= 0.3 is 0 Å². The summed E-state index contributed by atoms with van der Waals surface area (Å²) in [7, 11) is 0. The number of ether oxygens (including phenoxy) is 1. The number of para-hydroxylation sites is 1. The molecule has 0 aliphatic carbocycles. The summed E-state index contributed by atoms with van der Waals surface area (Å²) in [4.78, 5) is 19.4. The first kappa shape index (κ1) is 16.9. The summed E-state index contributed by atoms with van der Waals surface area (Å²) in [6.45, 7) is 0.201. The van der Waals surface area contributed by atoms with Crippen molar-refractivity contribution in [3.63, 3.8) is 0 Å². The van der Waals surface area contributed by atoms with E-state index < -0.39 is 11.6 Å². The molecule has 0 radical (unpaired) electrons. The van der Waals surface area contributed by atoms with E-state index in [-0.39, 0.29) is 17.9 Å². The fourth-order valence-corrected chi connectivity index (χ4v) is 2.72. The lowest BCUT2D eigenvalue weighted by atomic mass is 10.1. The average Bonchev–Trinajstić information content (AvgIpc) is 2.69. The lowest BCUT2D eigenvalue weighted by molar-refractivity contribution is 0.303. The van der Waals surface area contributed by atoms with Crippen LogP contribution in [0.4, 0.5) is 8.78 Å². The number of aromatic nitrogens is 2. The maximum absolute atomic E-state index is 13.2. The van der Waals surface area contributed by atoms with Crippen LogP contribution in [0.2, 0.25) is 0 Å². The predicted molar refractivity (Wildman–Crippen MR) is 98.5 cm³/mol. The molecule has 0 fully saturated rings. The number of fused-ring (bicyclic) bond motifs is 1. The zero-order valence-corrected chi connectivity index (χ0v) is 14.1. The van der Waals surface area contributed by atoms with E-state index in [1.54, 1.807) is 18.2 Å². The first-order chi connectivity index (χ1) is 13.1. The topological polar surface area (TPSA) is 55.0 Å². The molecule has 4 nitrogen and oxygen atoms in total. The molecule has 134 valence electrons. The molecule has 3 aromatic carbocycles. The molecule has 0 atom stereocenters. The second-order valence-corrected chi connectivity index (χ2v) is 5.99. The van der Waals surface area contributed by atoms with E-state index in [0.29, 0.717) is 16.7 Å². The fourth-order valence-electron chi connectivity index (χ4n) is 2.72. The van der Waals surface area contributed by atoms with Crippen molar-refractivity contribution in [3.8, 4) is 17.1 Å². The third-order valence-corrected chi connectivity index (χ3v) is 4.14. The third kappa shape index (κ3) is 3.55. The Labute approximate surface area is 153 Å². The van der Waals surface area contributed by atoms with E-state index in [0.717, 1.165) is 23.3 Å². The minimum atomic E-state index is -0.950. The maximum Gasteiger partial charge on any atom is 0.259 e. The van der Waals surface area contributed by atoms with E-state index in [1.165, 1.54) is 6.07 Å². The largest absolute Gasteiger partial charge is 0.489 e. The Morgan fingerprint density at radius 3 is 2.48 bits per heavy atom. The van der Waals surface area contributed by atoms with Crippen molar-refractivity contribution in [3.05, 3.63) is 94.3 Å². The molecular weight excluding hydrogens is 350 g/mol. The van der Waals surface area contributed by atoms with Gasteiger partial charge in [-0.05, 0) is 29.8 Å². The second-order valence-electron chi connectivity index (χ2n) is 5.99. The van der Waals surface area contributed by atoms with Gasteiger partial charge in [-0.25, -0.2) is 13.8 Å². The number of rotatable bonds is 4. The molecule has 0 bridgehead atoms. The number of halogens is 2. The second kappa shape index (κ2) is 6.99. The molecule has 0 spiro atoms. The summed E-state index contributed by atoms with van der Waals surface area (Å²) in [6, 6.07) is 17.8. The normalized spacial score (nSPS) is 10.9. The number of hydrogen-bond acceptors (Lipinski definition) is 3. The van der Waals surface area contributed by atoms with Crippen molar-refractivity contribution in [1.82, 2.24) is 9.97 Å². The van der Waals surface area contributed by atoms with Gasteiger partial charge in [0.1, 0.15) is 18.2 Å². The first-order valence-electron chi connectivity index (χ1n) is 8.26. The highest BCUT2D eigenvalue weighted by Crippen LogP contribution is 2.19. The molecule has 0 aliphatic heterocycles. The Morgan fingerprint density at radius 2 is 1.70 bits per heavy atom. The van der Waals surface area contributed by atoms with Gasteiger partial charge in [0.15, 0.2) is 11.6 Å². The molecule has 1 heterocycles. The molecule has 4 rings (SSSR count). The SMILES string of the molecule is O=c1[nH]c(-c2ccc(COc3ccc(F)c(F)c3)cc2)nc2ccccc12. The summed E-state index contributed by atoms with van der Waals surface area (Å²) >= 11 is 0. The minimum Gasteiger partial charge on any atom is -0.489 e. The van der Waals surface area contributed by atoms with Crippen LogP contribution < -0.4 is 10.3 Å². The standard InChI is InChI=1S/C21H14F2N2O2/c22-17-10-9-15(11-18(17)23)27-12-13-5-7-14(8-6-13)20-24-19-4-2-1-3-16(19)21(26)25-20/h1-11H,12H2,(H,24,25,26). The van der Waals surface area contributed by atoms with Gasteiger partial charge in [-0.2, -0.15) is 0 Å². The molecule has 4 aromatic rings. The molecule has 0 saturated heterocycles. The summed E-state index contributed by atoms with van der Waals surface area (Å²) in [5, 5.41) is 0.540. The Kier molecular flexibility index (Phi) is 4.38.